The third kappa shape index (κ3) is 5.20. The van der Waals surface area contributed by atoms with Crippen LogP contribution in [0.15, 0.2) is 84.9 Å². The molecule has 1 N–H and O–H groups in total. The summed E-state index contributed by atoms with van der Waals surface area (Å²) in [5.74, 6) is 0.679. The van der Waals surface area contributed by atoms with Gasteiger partial charge in [0, 0.05) is 18.5 Å². The monoisotopic (exact) mass is 429 g/mol. The maximum atomic E-state index is 13.2. The van der Waals surface area contributed by atoms with Crippen LogP contribution in [0, 0.1) is 5.92 Å². The average Bonchev–Trinajstić information content (AvgIpc) is 3.28. The number of rotatable bonds is 8. The Balaban J connectivity index is 1.47. The van der Waals surface area contributed by atoms with Crippen LogP contribution in [0.3, 0.4) is 0 Å². The lowest BCUT2D eigenvalue weighted by Crippen LogP contribution is -2.34. The first-order valence-corrected chi connectivity index (χ1v) is 11.3. The first-order chi connectivity index (χ1) is 15.7. The lowest BCUT2D eigenvalue weighted by Gasteiger charge is -2.26. The molecule has 0 aliphatic heterocycles. The Morgan fingerprint density at radius 2 is 1.59 bits per heavy atom. The summed E-state index contributed by atoms with van der Waals surface area (Å²) in [4.78, 5) is 13.2. The number of carbonyl (C=O) groups excluding carboxylic acids is 1. The molecule has 4 unspecified atom stereocenters. The van der Waals surface area contributed by atoms with Crippen LogP contribution in [-0.4, -0.2) is 19.1 Å². The Labute approximate surface area is 190 Å². The zero-order valence-electron chi connectivity index (χ0n) is 18.7. The number of hydrogen-bond donors (Lipinski definition) is 1. The molecule has 3 aromatic carbocycles. The van der Waals surface area contributed by atoms with E-state index in [0.717, 1.165) is 30.7 Å². The van der Waals surface area contributed by atoms with Gasteiger partial charge in [-0.1, -0.05) is 72.8 Å². The minimum Gasteiger partial charge on any atom is -0.497 e. The van der Waals surface area contributed by atoms with E-state index in [1.165, 1.54) is 11.1 Å². The summed E-state index contributed by atoms with van der Waals surface area (Å²) in [6, 6.07) is 28.6. The van der Waals surface area contributed by atoms with E-state index in [1.54, 1.807) is 7.11 Å². The van der Waals surface area contributed by atoms with E-state index in [2.05, 4.69) is 29.6 Å². The molecule has 0 radical (unpaired) electrons. The number of hydrogen-bond acceptors (Lipinski definition) is 4. The Hall–Kier alpha value is -3.11. The molecule has 0 heterocycles. The van der Waals surface area contributed by atoms with Gasteiger partial charge >= 0.3 is 5.97 Å². The smallest absolute Gasteiger partial charge is 0.310 e. The normalized spacial score (nSPS) is 21.1. The van der Waals surface area contributed by atoms with Crippen molar-refractivity contribution in [3.05, 3.63) is 102 Å². The summed E-state index contributed by atoms with van der Waals surface area (Å²) in [5, 5.41) is 3.71. The van der Waals surface area contributed by atoms with Gasteiger partial charge in [-0.15, -0.1) is 0 Å². The summed E-state index contributed by atoms with van der Waals surface area (Å²) >= 11 is 0. The summed E-state index contributed by atoms with van der Waals surface area (Å²) in [7, 11) is 1.67. The van der Waals surface area contributed by atoms with Crippen molar-refractivity contribution in [1.82, 2.24) is 5.32 Å². The Morgan fingerprint density at radius 3 is 2.25 bits per heavy atom. The quantitative estimate of drug-likeness (QED) is 0.470. The predicted molar refractivity (Wildman–Crippen MR) is 126 cm³/mol. The van der Waals surface area contributed by atoms with Gasteiger partial charge in [-0.05, 0) is 48.6 Å². The summed E-state index contributed by atoms with van der Waals surface area (Å²) in [5.41, 5.74) is 3.40. The van der Waals surface area contributed by atoms with Crippen LogP contribution < -0.4 is 10.1 Å². The largest absolute Gasteiger partial charge is 0.497 e. The maximum Gasteiger partial charge on any atom is 0.310 e. The molecule has 32 heavy (non-hydrogen) atoms. The van der Waals surface area contributed by atoms with Crippen molar-refractivity contribution in [2.75, 3.05) is 7.11 Å². The van der Waals surface area contributed by atoms with Crippen LogP contribution in [0.5, 0.6) is 5.75 Å². The molecule has 1 aliphatic carbocycles. The highest BCUT2D eigenvalue weighted by molar-refractivity contribution is 5.75. The molecular weight excluding hydrogens is 398 g/mol. The molecular formula is C28H31NO3. The van der Waals surface area contributed by atoms with Crippen LogP contribution in [0.4, 0.5) is 0 Å². The van der Waals surface area contributed by atoms with Crippen LogP contribution in [-0.2, 0) is 16.1 Å². The van der Waals surface area contributed by atoms with Crippen LogP contribution >= 0.6 is 0 Å². The summed E-state index contributed by atoms with van der Waals surface area (Å²) in [6.45, 7) is 2.69. The van der Waals surface area contributed by atoms with Crippen molar-refractivity contribution in [2.45, 2.75) is 44.4 Å². The van der Waals surface area contributed by atoms with Gasteiger partial charge in [0.1, 0.15) is 11.9 Å². The molecule has 4 atom stereocenters. The molecule has 0 saturated heterocycles. The third-order valence-corrected chi connectivity index (χ3v) is 6.43. The molecule has 1 saturated carbocycles. The second kappa shape index (κ2) is 10.5. The van der Waals surface area contributed by atoms with E-state index >= 15 is 0 Å². The van der Waals surface area contributed by atoms with Crippen molar-refractivity contribution < 1.29 is 14.3 Å². The molecule has 0 amide bonds. The second-order valence-electron chi connectivity index (χ2n) is 8.45. The maximum absolute atomic E-state index is 13.2. The number of benzene rings is 3. The zero-order valence-corrected chi connectivity index (χ0v) is 18.7. The lowest BCUT2D eigenvalue weighted by molar-refractivity contribution is -0.154. The molecule has 0 bridgehead atoms. The van der Waals surface area contributed by atoms with Gasteiger partial charge in [0.25, 0.3) is 0 Å². The first-order valence-electron chi connectivity index (χ1n) is 11.3. The van der Waals surface area contributed by atoms with Gasteiger partial charge in [0.05, 0.1) is 13.0 Å². The van der Waals surface area contributed by atoms with E-state index < -0.39 is 0 Å². The minimum absolute atomic E-state index is 0.0879. The van der Waals surface area contributed by atoms with Crippen LogP contribution in [0.1, 0.15) is 48.5 Å². The predicted octanol–water partition coefficient (Wildman–Crippen LogP) is 5.65. The Morgan fingerprint density at radius 1 is 0.938 bits per heavy atom. The minimum atomic E-state index is -0.258. The SMILES string of the molecule is COc1ccc(CNC2CCC(C(=O)OC(C)c3ccccc3)C2c2ccccc2)cc1. The highest BCUT2D eigenvalue weighted by Crippen LogP contribution is 2.41. The van der Waals surface area contributed by atoms with Gasteiger partial charge in [0.15, 0.2) is 0 Å². The standard InChI is InChI=1S/C28H31NO3/c1-20(22-9-5-3-6-10-22)32-28(30)25-17-18-26(27(25)23-11-7-4-8-12-23)29-19-21-13-15-24(31-2)16-14-21/h3-16,20,25-27,29H,17-19H2,1-2H3. The molecule has 1 fully saturated rings. The number of carbonyl (C=O) groups is 1. The third-order valence-electron chi connectivity index (χ3n) is 6.43. The number of esters is 1. The van der Waals surface area contributed by atoms with E-state index in [4.69, 9.17) is 9.47 Å². The van der Waals surface area contributed by atoms with Gasteiger partial charge in [-0.3, -0.25) is 4.79 Å². The number of methoxy groups -OCH3 is 1. The van der Waals surface area contributed by atoms with Gasteiger partial charge < -0.3 is 14.8 Å². The van der Waals surface area contributed by atoms with E-state index in [0.29, 0.717) is 0 Å². The molecule has 4 heteroatoms. The Kier molecular flexibility index (Phi) is 7.23. The lowest BCUT2D eigenvalue weighted by atomic mass is 9.86. The van der Waals surface area contributed by atoms with Crippen LogP contribution in [0.25, 0.3) is 0 Å². The first kappa shape index (κ1) is 22.1. The van der Waals surface area contributed by atoms with Crippen molar-refractivity contribution in [3.63, 3.8) is 0 Å². The molecule has 166 valence electrons. The summed E-state index contributed by atoms with van der Waals surface area (Å²) in [6.07, 6.45) is 1.50. The molecule has 1 aliphatic rings. The van der Waals surface area contributed by atoms with E-state index in [-0.39, 0.29) is 30.0 Å². The highest BCUT2D eigenvalue weighted by atomic mass is 16.5. The number of nitrogens with one attached hydrogen (secondary N) is 1. The summed E-state index contributed by atoms with van der Waals surface area (Å²) < 4.78 is 11.2. The topological polar surface area (TPSA) is 47.6 Å². The molecule has 0 aromatic heterocycles. The van der Waals surface area contributed by atoms with Crippen molar-refractivity contribution in [1.29, 1.82) is 0 Å². The highest BCUT2D eigenvalue weighted by Gasteiger charge is 2.42. The van der Waals surface area contributed by atoms with E-state index in [1.807, 2.05) is 67.6 Å². The zero-order chi connectivity index (χ0) is 22.3. The molecule has 4 nitrogen and oxygen atoms in total. The average molecular weight is 430 g/mol. The van der Waals surface area contributed by atoms with Gasteiger partial charge in [-0.25, -0.2) is 0 Å². The van der Waals surface area contributed by atoms with Crippen molar-refractivity contribution in [2.24, 2.45) is 5.92 Å². The fraction of sp³-hybridized carbons (Fsp3) is 0.321. The van der Waals surface area contributed by atoms with Gasteiger partial charge in [-0.2, -0.15) is 0 Å². The second-order valence-corrected chi connectivity index (χ2v) is 8.45. The van der Waals surface area contributed by atoms with Crippen molar-refractivity contribution in [3.8, 4) is 5.75 Å². The van der Waals surface area contributed by atoms with Gasteiger partial charge in [0.2, 0.25) is 0 Å². The van der Waals surface area contributed by atoms with Crippen molar-refractivity contribution >= 4 is 5.97 Å². The fourth-order valence-corrected chi connectivity index (χ4v) is 4.68. The fourth-order valence-electron chi connectivity index (χ4n) is 4.68. The molecule has 0 spiro atoms. The van der Waals surface area contributed by atoms with E-state index in [9.17, 15) is 4.79 Å². The molecule has 3 aromatic rings. The van der Waals surface area contributed by atoms with Crippen LogP contribution in [0.2, 0.25) is 0 Å². The molecule has 4 rings (SSSR count). The number of ether oxygens (including phenoxy) is 2. The Bertz CT molecular complexity index is 988.